The number of oxime groups is 1. The molecule has 0 amide bonds. The normalized spacial score (nSPS) is 13.9. The average Bonchev–Trinajstić information content (AvgIpc) is 2.31. The minimum absolute atomic E-state index is 0.219. The Labute approximate surface area is 111 Å². The molecule has 0 aromatic carbocycles. The molecule has 5 heteroatoms. The molecule has 4 N–H and O–H groups in total. The van der Waals surface area contributed by atoms with Crippen molar-refractivity contribution in [3.63, 3.8) is 0 Å². The third kappa shape index (κ3) is 6.81. The molecular weight excluding hydrogens is 230 g/mol. The van der Waals surface area contributed by atoms with Crippen LogP contribution in [0.5, 0.6) is 0 Å². The minimum atomic E-state index is -0.279. The maximum absolute atomic E-state index is 8.68. The molecule has 0 fully saturated rings. The van der Waals surface area contributed by atoms with Crippen molar-refractivity contribution in [2.45, 2.75) is 40.5 Å². The molecule has 0 radical (unpaired) electrons. The van der Waals surface area contributed by atoms with Gasteiger partial charge in [-0.2, -0.15) is 0 Å². The quantitative estimate of drug-likeness (QED) is 0.194. The Kier molecular flexibility index (Phi) is 7.25. The second-order valence-electron chi connectivity index (χ2n) is 6.20. The number of methoxy groups -OCH3 is 1. The summed E-state index contributed by atoms with van der Waals surface area (Å²) >= 11 is 0. The predicted octanol–water partition coefficient (Wildman–Crippen LogP) is 1.80. The molecule has 5 nitrogen and oxygen atoms in total. The van der Waals surface area contributed by atoms with Crippen molar-refractivity contribution in [1.82, 2.24) is 5.32 Å². The zero-order valence-corrected chi connectivity index (χ0v) is 12.4. The van der Waals surface area contributed by atoms with Gasteiger partial charge in [0.05, 0.1) is 0 Å². The summed E-state index contributed by atoms with van der Waals surface area (Å²) in [6, 6.07) is 0. The Hall–Kier alpha value is -0.810. The van der Waals surface area contributed by atoms with E-state index in [1.807, 2.05) is 13.8 Å². The molecule has 0 heterocycles. The van der Waals surface area contributed by atoms with Crippen molar-refractivity contribution < 1.29 is 9.94 Å². The fourth-order valence-electron chi connectivity index (χ4n) is 1.56. The molecule has 0 aromatic rings. The Bertz CT molecular complexity index is 263. The zero-order chi connectivity index (χ0) is 14.2. The molecule has 18 heavy (non-hydrogen) atoms. The first-order valence-electron chi connectivity index (χ1n) is 6.43. The molecule has 108 valence electrons. The van der Waals surface area contributed by atoms with Crippen LogP contribution in [0.1, 0.15) is 40.5 Å². The molecule has 0 saturated heterocycles. The molecule has 0 bridgehead atoms. The largest absolute Gasteiger partial charge is 0.409 e. The van der Waals surface area contributed by atoms with Gasteiger partial charge in [0, 0.05) is 25.7 Å². The fourth-order valence-corrected chi connectivity index (χ4v) is 1.56. The van der Waals surface area contributed by atoms with Crippen LogP contribution in [0.15, 0.2) is 5.16 Å². The van der Waals surface area contributed by atoms with Gasteiger partial charge in [-0.3, -0.25) is 0 Å². The summed E-state index contributed by atoms with van der Waals surface area (Å²) in [4.78, 5) is 0. The first kappa shape index (κ1) is 17.2. The van der Waals surface area contributed by atoms with Crippen LogP contribution in [-0.4, -0.2) is 37.8 Å². The van der Waals surface area contributed by atoms with Crippen LogP contribution in [0.2, 0.25) is 0 Å². The van der Waals surface area contributed by atoms with Gasteiger partial charge >= 0.3 is 0 Å². The topological polar surface area (TPSA) is 79.9 Å². The van der Waals surface area contributed by atoms with Gasteiger partial charge < -0.3 is 21.0 Å². The maximum Gasteiger partial charge on any atom is 0.144 e. The lowest BCUT2D eigenvalue weighted by atomic mass is 9.87. The first-order chi connectivity index (χ1) is 8.25. The van der Waals surface area contributed by atoms with Crippen molar-refractivity contribution in [3.05, 3.63) is 0 Å². The van der Waals surface area contributed by atoms with Crippen LogP contribution in [0.3, 0.4) is 0 Å². The summed E-state index contributed by atoms with van der Waals surface area (Å²) in [5, 5.41) is 15.2. The highest BCUT2D eigenvalue weighted by Crippen LogP contribution is 2.21. The van der Waals surface area contributed by atoms with Gasteiger partial charge in [0.15, 0.2) is 0 Å². The number of nitrogens with one attached hydrogen (secondary N) is 1. The van der Waals surface area contributed by atoms with Gasteiger partial charge in [-0.25, -0.2) is 0 Å². The fraction of sp³-hybridized carbons (Fsp3) is 0.923. The molecule has 0 spiro atoms. The van der Waals surface area contributed by atoms with Gasteiger partial charge in [0.1, 0.15) is 5.84 Å². The summed E-state index contributed by atoms with van der Waals surface area (Å²) in [5.74, 6) is 0.281. The highest BCUT2D eigenvalue weighted by Gasteiger charge is 2.23. The van der Waals surface area contributed by atoms with Crippen LogP contribution < -0.4 is 11.1 Å². The summed E-state index contributed by atoms with van der Waals surface area (Å²) < 4.78 is 5.10. The van der Waals surface area contributed by atoms with Crippen LogP contribution in [-0.2, 0) is 4.74 Å². The number of hydrogen-bond acceptors (Lipinski definition) is 4. The van der Waals surface area contributed by atoms with E-state index < -0.39 is 0 Å². The Morgan fingerprint density at radius 3 is 2.39 bits per heavy atom. The van der Waals surface area contributed by atoms with Crippen molar-refractivity contribution in [2.75, 3.05) is 26.8 Å². The zero-order valence-electron chi connectivity index (χ0n) is 12.4. The smallest absolute Gasteiger partial charge is 0.144 e. The molecule has 0 aliphatic heterocycles. The van der Waals surface area contributed by atoms with Crippen LogP contribution >= 0.6 is 0 Å². The third-order valence-electron chi connectivity index (χ3n) is 3.31. The number of ether oxygens (including phenoxy) is 1. The number of rotatable bonds is 9. The molecule has 0 aromatic heterocycles. The monoisotopic (exact) mass is 259 g/mol. The Balaban J connectivity index is 3.92. The lowest BCUT2D eigenvalue weighted by molar-refractivity contribution is 0.150. The molecule has 0 aliphatic rings. The number of nitrogens with two attached hydrogens (primary N) is 1. The highest BCUT2D eigenvalue weighted by atomic mass is 16.5. The number of hydrogen-bond donors (Lipinski definition) is 3. The summed E-state index contributed by atoms with van der Waals surface area (Å²) in [7, 11) is 1.73. The van der Waals surface area contributed by atoms with Crippen LogP contribution in [0, 0.1) is 10.8 Å². The number of amidine groups is 1. The van der Waals surface area contributed by atoms with E-state index in [4.69, 9.17) is 15.7 Å². The van der Waals surface area contributed by atoms with E-state index in [1.165, 1.54) is 0 Å². The van der Waals surface area contributed by atoms with Crippen LogP contribution in [0.25, 0.3) is 0 Å². The summed E-state index contributed by atoms with van der Waals surface area (Å²) in [6.07, 6.45) is 1.86. The maximum atomic E-state index is 8.68. The third-order valence-corrected chi connectivity index (χ3v) is 3.31. The van der Waals surface area contributed by atoms with E-state index in [2.05, 4.69) is 24.3 Å². The summed E-state index contributed by atoms with van der Waals surface area (Å²) in [6.45, 7) is 10.9. The molecule has 0 aliphatic carbocycles. The van der Waals surface area contributed by atoms with Gasteiger partial charge in [0.25, 0.3) is 0 Å². The lowest BCUT2D eigenvalue weighted by Crippen LogP contribution is -2.37. The lowest BCUT2D eigenvalue weighted by Gasteiger charge is -2.27. The van der Waals surface area contributed by atoms with E-state index >= 15 is 0 Å². The Morgan fingerprint density at radius 2 is 1.89 bits per heavy atom. The molecule has 0 unspecified atom stereocenters. The molecule has 0 rings (SSSR count). The van der Waals surface area contributed by atoms with Crippen molar-refractivity contribution in [1.29, 1.82) is 0 Å². The minimum Gasteiger partial charge on any atom is -0.409 e. The number of nitrogens with zero attached hydrogens (tertiary/aromatic N) is 1. The molecular formula is C13H29N3O2. The van der Waals surface area contributed by atoms with Gasteiger partial charge in [-0.1, -0.05) is 32.9 Å². The SMILES string of the molecule is COCCC(C)(C)CNCCC(C)(C)C(N)=NO. The van der Waals surface area contributed by atoms with E-state index in [-0.39, 0.29) is 16.7 Å². The van der Waals surface area contributed by atoms with Crippen molar-refractivity contribution in [2.24, 2.45) is 21.7 Å². The van der Waals surface area contributed by atoms with E-state index in [1.54, 1.807) is 7.11 Å². The van der Waals surface area contributed by atoms with E-state index in [0.717, 1.165) is 32.5 Å². The van der Waals surface area contributed by atoms with Gasteiger partial charge in [-0.05, 0) is 24.8 Å². The van der Waals surface area contributed by atoms with Gasteiger partial charge in [0.2, 0.25) is 0 Å². The Morgan fingerprint density at radius 1 is 1.28 bits per heavy atom. The average molecular weight is 259 g/mol. The van der Waals surface area contributed by atoms with Crippen molar-refractivity contribution >= 4 is 5.84 Å². The molecule has 0 saturated carbocycles. The predicted molar refractivity (Wildman–Crippen MR) is 75.0 cm³/mol. The van der Waals surface area contributed by atoms with Gasteiger partial charge in [-0.15, -0.1) is 0 Å². The molecule has 0 atom stereocenters. The van der Waals surface area contributed by atoms with Crippen molar-refractivity contribution in [3.8, 4) is 0 Å². The van der Waals surface area contributed by atoms with E-state index in [9.17, 15) is 0 Å². The standard InChI is InChI=1S/C13H29N3O2/c1-12(2,7-9-18-5)10-15-8-6-13(3,4)11(14)16-17/h15,17H,6-10H2,1-5H3,(H2,14,16). The van der Waals surface area contributed by atoms with Crippen LogP contribution in [0.4, 0.5) is 0 Å². The second-order valence-corrected chi connectivity index (χ2v) is 6.20. The second kappa shape index (κ2) is 7.59. The highest BCUT2D eigenvalue weighted by molar-refractivity contribution is 5.85. The summed E-state index contributed by atoms with van der Waals surface area (Å²) in [5.41, 5.74) is 5.58. The van der Waals surface area contributed by atoms with E-state index in [0.29, 0.717) is 0 Å². The first-order valence-corrected chi connectivity index (χ1v) is 6.43.